The summed E-state index contributed by atoms with van der Waals surface area (Å²) >= 11 is 0. The smallest absolute Gasteiger partial charge is 0.166 e. The van der Waals surface area contributed by atoms with Gasteiger partial charge in [0.2, 0.25) is 0 Å². The summed E-state index contributed by atoms with van der Waals surface area (Å²) in [5, 5.41) is 0. The Labute approximate surface area is 90.9 Å². The van der Waals surface area contributed by atoms with Crippen LogP contribution in [-0.2, 0) is 0 Å². The van der Waals surface area contributed by atoms with Gasteiger partial charge in [-0.15, -0.1) is 0 Å². The van der Waals surface area contributed by atoms with E-state index >= 15 is 0 Å². The van der Waals surface area contributed by atoms with E-state index in [-0.39, 0.29) is 11.3 Å². The van der Waals surface area contributed by atoms with Crippen LogP contribution in [0.15, 0.2) is 24.3 Å². The van der Waals surface area contributed by atoms with Gasteiger partial charge >= 0.3 is 0 Å². The number of rotatable bonds is 0. The molecule has 2 nitrogen and oxygen atoms in total. The number of ketones is 1. The first-order chi connectivity index (χ1) is 7.00. The molecule has 80 valence electrons. The third kappa shape index (κ3) is 1.76. The van der Waals surface area contributed by atoms with Crippen molar-refractivity contribution >= 4 is 11.5 Å². The molecule has 0 fully saturated rings. The Morgan fingerprint density at radius 1 is 1.20 bits per heavy atom. The zero-order chi connectivity index (χ0) is 11.1. The van der Waals surface area contributed by atoms with Crippen LogP contribution < -0.4 is 4.90 Å². The Morgan fingerprint density at radius 3 is 2.53 bits per heavy atom. The third-order valence-electron chi connectivity index (χ3n) is 2.87. The number of fused-ring (bicyclic) bond motifs is 1. The van der Waals surface area contributed by atoms with Crippen molar-refractivity contribution in [1.29, 1.82) is 0 Å². The Kier molecular flexibility index (Phi) is 2.29. The van der Waals surface area contributed by atoms with Gasteiger partial charge in [-0.25, -0.2) is 0 Å². The van der Waals surface area contributed by atoms with Gasteiger partial charge in [0.05, 0.1) is 0 Å². The third-order valence-corrected chi connectivity index (χ3v) is 2.87. The summed E-state index contributed by atoms with van der Waals surface area (Å²) in [4.78, 5) is 14.0. The van der Waals surface area contributed by atoms with E-state index in [2.05, 4.69) is 25.7 Å². The molecule has 0 bridgehead atoms. The van der Waals surface area contributed by atoms with Crippen molar-refractivity contribution in [2.24, 2.45) is 0 Å². The minimum atomic E-state index is 0.0802. The van der Waals surface area contributed by atoms with Crippen LogP contribution in [0.2, 0.25) is 0 Å². The number of nitrogens with zero attached hydrogens (tertiary/aromatic N) is 1. The highest BCUT2D eigenvalue weighted by atomic mass is 16.1. The van der Waals surface area contributed by atoms with Crippen molar-refractivity contribution in [2.45, 2.75) is 32.7 Å². The molecule has 0 atom stereocenters. The van der Waals surface area contributed by atoms with Gasteiger partial charge in [0.15, 0.2) is 5.78 Å². The number of carbonyl (C=O) groups is 1. The molecule has 0 radical (unpaired) electrons. The lowest BCUT2D eigenvalue weighted by atomic mass is 9.95. The second-order valence-electron chi connectivity index (χ2n) is 5.01. The fourth-order valence-corrected chi connectivity index (χ4v) is 2.11. The second-order valence-corrected chi connectivity index (χ2v) is 5.01. The van der Waals surface area contributed by atoms with Gasteiger partial charge in [0, 0.05) is 29.8 Å². The fraction of sp³-hybridized carbons (Fsp3) is 0.462. The molecule has 1 aromatic carbocycles. The van der Waals surface area contributed by atoms with Crippen molar-refractivity contribution in [3.05, 3.63) is 29.8 Å². The summed E-state index contributed by atoms with van der Waals surface area (Å²) < 4.78 is 0. The second kappa shape index (κ2) is 3.37. The molecule has 0 unspecified atom stereocenters. The molecule has 0 saturated carbocycles. The quantitative estimate of drug-likeness (QED) is 0.646. The monoisotopic (exact) mass is 203 g/mol. The topological polar surface area (TPSA) is 20.3 Å². The van der Waals surface area contributed by atoms with Gasteiger partial charge in [0.1, 0.15) is 0 Å². The van der Waals surface area contributed by atoms with Crippen LogP contribution in [-0.4, -0.2) is 17.9 Å². The van der Waals surface area contributed by atoms with Crippen LogP contribution in [0.1, 0.15) is 37.6 Å². The molecular weight excluding hydrogens is 186 g/mol. The summed E-state index contributed by atoms with van der Waals surface area (Å²) in [7, 11) is 0. The highest BCUT2D eigenvalue weighted by Gasteiger charge is 2.29. The number of benzene rings is 1. The largest absolute Gasteiger partial charge is 0.366 e. The summed E-state index contributed by atoms with van der Waals surface area (Å²) in [6.45, 7) is 7.37. The van der Waals surface area contributed by atoms with Gasteiger partial charge < -0.3 is 4.90 Å². The molecule has 2 heteroatoms. The molecule has 0 saturated heterocycles. The average molecular weight is 203 g/mol. The van der Waals surface area contributed by atoms with E-state index in [4.69, 9.17) is 0 Å². The van der Waals surface area contributed by atoms with Crippen LogP contribution in [0.25, 0.3) is 0 Å². The molecule has 0 aromatic heterocycles. The number of para-hydroxylation sites is 1. The summed E-state index contributed by atoms with van der Waals surface area (Å²) in [6, 6.07) is 7.90. The van der Waals surface area contributed by atoms with Crippen LogP contribution in [0.5, 0.6) is 0 Å². The Bertz CT molecular complexity index is 390. The van der Waals surface area contributed by atoms with Crippen LogP contribution in [0, 0.1) is 0 Å². The van der Waals surface area contributed by atoms with E-state index in [9.17, 15) is 4.79 Å². The van der Waals surface area contributed by atoms with Crippen molar-refractivity contribution in [1.82, 2.24) is 0 Å². The minimum absolute atomic E-state index is 0.0802. The summed E-state index contributed by atoms with van der Waals surface area (Å²) in [6.07, 6.45) is 0.633. The first kappa shape index (κ1) is 10.2. The average Bonchev–Trinajstić information content (AvgIpc) is 2.17. The van der Waals surface area contributed by atoms with Crippen molar-refractivity contribution in [3.8, 4) is 0 Å². The van der Waals surface area contributed by atoms with E-state index < -0.39 is 0 Å². The number of hydrogen-bond acceptors (Lipinski definition) is 2. The lowest BCUT2D eigenvalue weighted by molar-refractivity contribution is 0.0977. The van der Waals surface area contributed by atoms with E-state index in [1.165, 1.54) is 0 Å². The number of anilines is 1. The zero-order valence-electron chi connectivity index (χ0n) is 9.58. The van der Waals surface area contributed by atoms with Gasteiger partial charge in [-0.1, -0.05) is 12.1 Å². The maximum atomic E-state index is 11.7. The molecule has 1 aliphatic heterocycles. The molecule has 1 aliphatic rings. The van der Waals surface area contributed by atoms with Crippen molar-refractivity contribution in [3.63, 3.8) is 0 Å². The normalized spacial score (nSPS) is 16.5. The Morgan fingerprint density at radius 2 is 1.87 bits per heavy atom. The predicted octanol–water partition coefficient (Wildman–Crippen LogP) is 2.88. The summed E-state index contributed by atoms with van der Waals surface area (Å²) in [5.41, 5.74) is 2.04. The van der Waals surface area contributed by atoms with E-state index in [0.717, 1.165) is 17.8 Å². The molecule has 0 amide bonds. The molecule has 0 N–H and O–H groups in total. The van der Waals surface area contributed by atoms with Crippen LogP contribution in [0.3, 0.4) is 0 Å². The van der Waals surface area contributed by atoms with E-state index in [1.807, 2.05) is 24.3 Å². The van der Waals surface area contributed by atoms with Crippen LogP contribution >= 0.6 is 0 Å². The molecular formula is C13H17NO. The molecule has 1 heterocycles. The summed E-state index contributed by atoms with van der Waals surface area (Å²) in [5.74, 6) is 0.270. The molecule has 0 aliphatic carbocycles. The van der Waals surface area contributed by atoms with Crippen molar-refractivity contribution in [2.75, 3.05) is 11.4 Å². The van der Waals surface area contributed by atoms with Crippen LogP contribution in [0.4, 0.5) is 5.69 Å². The molecule has 1 aromatic rings. The lowest BCUT2D eigenvalue weighted by Crippen LogP contribution is -2.45. The highest BCUT2D eigenvalue weighted by molar-refractivity contribution is 6.03. The maximum absolute atomic E-state index is 11.7. The highest BCUT2D eigenvalue weighted by Crippen LogP contribution is 2.31. The predicted molar refractivity (Wildman–Crippen MR) is 62.5 cm³/mol. The number of carbonyl (C=O) groups excluding carboxylic acids is 1. The molecule has 15 heavy (non-hydrogen) atoms. The van der Waals surface area contributed by atoms with Gasteiger partial charge in [-0.2, -0.15) is 0 Å². The van der Waals surface area contributed by atoms with Gasteiger partial charge in [0.25, 0.3) is 0 Å². The van der Waals surface area contributed by atoms with Gasteiger partial charge in [-0.3, -0.25) is 4.79 Å². The van der Waals surface area contributed by atoms with E-state index in [1.54, 1.807) is 0 Å². The first-order valence-corrected chi connectivity index (χ1v) is 5.40. The standard InChI is InChI=1S/C13H17NO/c1-13(2,3)14-9-8-12(15)10-6-4-5-7-11(10)14/h4-7H,8-9H2,1-3H3. The Hall–Kier alpha value is -1.31. The van der Waals surface area contributed by atoms with Crippen molar-refractivity contribution < 1.29 is 4.79 Å². The number of hydrogen-bond donors (Lipinski definition) is 0. The van der Waals surface area contributed by atoms with E-state index in [0.29, 0.717) is 6.42 Å². The minimum Gasteiger partial charge on any atom is -0.366 e. The Balaban J connectivity index is 2.50. The van der Waals surface area contributed by atoms with Gasteiger partial charge in [-0.05, 0) is 32.9 Å². The fourth-order valence-electron chi connectivity index (χ4n) is 2.11. The molecule has 2 rings (SSSR count). The number of Topliss-reactive ketones (excluding diaryl/α,β-unsaturated/α-hetero) is 1. The first-order valence-electron chi connectivity index (χ1n) is 5.40. The lowest BCUT2D eigenvalue weighted by Gasteiger charge is -2.41. The SMILES string of the molecule is CC(C)(C)N1CCC(=O)c2ccccc21. The maximum Gasteiger partial charge on any atom is 0.166 e. The zero-order valence-corrected chi connectivity index (χ0v) is 9.58. The molecule has 0 spiro atoms.